The van der Waals surface area contributed by atoms with Gasteiger partial charge in [0.1, 0.15) is 12.7 Å². The summed E-state index contributed by atoms with van der Waals surface area (Å²) in [6, 6.07) is 12.6. The van der Waals surface area contributed by atoms with E-state index in [0.717, 1.165) is 0 Å². The molecule has 58 heavy (non-hydrogen) atoms. The average molecular weight is 827 g/mol. The van der Waals surface area contributed by atoms with Gasteiger partial charge in [-0.05, 0) is 62.4 Å². The Labute approximate surface area is 336 Å². The van der Waals surface area contributed by atoms with Crippen LogP contribution in [0.4, 0.5) is 49.1 Å². The van der Waals surface area contributed by atoms with E-state index in [1.54, 1.807) is 48.0 Å². The molecule has 18 nitrogen and oxygen atoms in total. The van der Waals surface area contributed by atoms with Gasteiger partial charge in [0.15, 0.2) is 0 Å². The van der Waals surface area contributed by atoms with Crippen molar-refractivity contribution in [2.24, 2.45) is 11.8 Å². The van der Waals surface area contributed by atoms with Gasteiger partial charge in [-0.25, -0.2) is 28.7 Å². The van der Waals surface area contributed by atoms with E-state index < -0.39 is 28.2 Å². The number of halogens is 3. The van der Waals surface area contributed by atoms with E-state index >= 15 is 0 Å². The number of ether oxygens (including phenoxy) is 1. The quantitative estimate of drug-likeness (QED) is 0.0801. The lowest BCUT2D eigenvalue weighted by Crippen LogP contribution is -2.38. The summed E-state index contributed by atoms with van der Waals surface area (Å²) < 4.78 is 30.4. The number of alkyl halides is 2. The van der Waals surface area contributed by atoms with Crippen molar-refractivity contribution in [2.75, 3.05) is 59.9 Å². The summed E-state index contributed by atoms with van der Waals surface area (Å²) in [6.45, 7) is 3.90. The van der Waals surface area contributed by atoms with Gasteiger partial charge in [0, 0.05) is 56.0 Å². The zero-order chi connectivity index (χ0) is 41.9. The molecule has 0 atom stereocenters. The molecule has 4 aromatic rings. The third-order valence-electron chi connectivity index (χ3n) is 9.73. The molecule has 2 aliphatic rings. The Bertz CT molecular complexity index is 2070. The van der Waals surface area contributed by atoms with Gasteiger partial charge in [0.2, 0.25) is 23.3 Å². The van der Waals surface area contributed by atoms with E-state index in [0.29, 0.717) is 74.7 Å². The minimum atomic E-state index is -2.56. The third kappa shape index (κ3) is 10.5. The summed E-state index contributed by atoms with van der Waals surface area (Å²) in [5.74, 6) is -1.17. The molecule has 6 rings (SSSR count). The second-order valence-corrected chi connectivity index (χ2v) is 13.8. The molecule has 0 unspecified atom stereocenters. The number of esters is 1. The molecule has 21 heteroatoms. The van der Waals surface area contributed by atoms with Gasteiger partial charge >= 0.3 is 23.3 Å². The third-order valence-corrected chi connectivity index (χ3v) is 9.99. The minimum Gasteiger partial charge on any atom is -0.481 e. The number of anilines is 5. The van der Waals surface area contributed by atoms with Crippen LogP contribution in [0.5, 0.6) is 0 Å². The van der Waals surface area contributed by atoms with Gasteiger partial charge in [0.25, 0.3) is 6.43 Å². The number of aromatic nitrogens is 4. The lowest BCUT2D eigenvalue weighted by atomic mass is 9.97. The second kappa shape index (κ2) is 19.7. The number of rotatable bonds is 13. The summed E-state index contributed by atoms with van der Waals surface area (Å²) in [4.78, 5) is 67.1. The molecular formula is C37H41ClF2N10O8. The molecule has 0 radical (unpaired) electrons. The summed E-state index contributed by atoms with van der Waals surface area (Å²) >= 11 is 5.93. The Morgan fingerprint density at radius 3 is 1.93 bits per heavy atom. The van der Waals surface area contributed by atoms with Crippen molar-refractivity contribution in [3.05, 3.63) is 97.6 Å². The Kier molecular flexibility index (Phi) is 14.6. The highest BCUT2D eigenvalue weighted by Gasteiger charge is 2.34. The maximum atomic E-state index is 12.6. The topological polar surface area (TPSA) is 223 Å². The van der Waals surface area contributed by atoms with Crippen molar-refractivity contribution in [1.82, 2.24) is 19.9 Å². The number of carboxylic acid groups (broad SMARTS) is 1. The maximum Gasteiger partial charge on any atom is 0.353 e. The molecule has 2 aromatic carbocycles. The highest BCUT2D eigenvalue weighted by Crippen LogP contribution is 2.39. The van der Waals surface area contributed by atoms with E-state index in [9.17, 15) is 38.6 Å². The molecular weight excluding hydrogens is 786 g/mol. The number of hydrogen-bond acceptors (Lipinski definition) is 15. The standard InChI is InChI=1S/C19H22ClN5O4.C18H19F2N5O4/c1-3-29-19(26)13-8-10-24(11-9-13)18-16(25(27)28)17(21-12-22-18)23(2)15-6-4-14(20)5-7-15;19-15(20)12-3-1-11(2-4-12)9-21-16-14(25(28)29)17(23-10-22-16)24-7-5-13(6-8-24)18(26)27/h4-7,12-13H,3,8-11H2,1-2H3;1-4,10,13,15H,5-9H2,(H,26,27)(H,21,22,23). The van der Waals surface area contributed by atoms with Gasteiger partial charge in [-0.1, -0.05) is 35.9 Å². The first-order valence-corrected chi connectivity index (χ1v) is 18.6. The minimum absolute atomic E-state index is 0.0123. The monoisotopic (exact) mass is 826 g/mol. The van der Waals surface area contributed by atoms with E-state index in [-0.39, 0.29) is 58.6 Å². The molecule has 2 aliphatic heterocycles. The van der Waals surface area contributed by atoms with Crippen LogP contribution in [0.25, 0.3) is 0 Å². The number of benzene rings is 2. The number of carbonyl (C=O) groups is 2. The fourth-order valence-corrected chi connectivity index (χ4v) is 6.70. The molecule has 0 saturated carbocycles. The van der Waals surface area contributed by atoms with Crippen LogP contribution in [-0.4, -0.2) is 86.7 Å². The Hall–Kier alpha value is -6.31. The Morgan fingerprint density at radius 1 is 0.879 bits per heavy atom. The van der Waals surface area contributed by atoms with Crippen molar-refractivity contribution < 1.29 is 38.1 Å². The highest BCUT2D eigenvalue weighted by molar-refractivity contribution is 6.30. The fourth-order valence-electron chi connectivity index (χ4n) is 6.58. The molecule has 0 spiro atoms. The lowest BCUT2D eigenvalue weighted by molar-refractivity contribution is -0.383. The first-order valence-electron chi connectivity index (χ1n) is 18.3. The zero-order valence-electron chi connectivity index (χ0n) is 31.5. The van der Waals surface area contributed by atoms with Gasteiger partial charge in [-0.3, -0.25) is 29.8 Å². The molecule has 0 bridgehead atoms. The smallest absolute Gasteiger partial charge is 0.353 e. The number of nitro groups is 2. The van der Waals surface area contributed by atoms with Crippen LogP contribution in [0.1, 0.15) is 50.2 Å². The number of carbonyl (C=O) groups excluding carboxylic acids is 1. The zero-order valence-corrected chi connectivity index (χ0v) is 32.3. The van der Waals surface area contributed by atoms with Crippen molar-refractivity contribution in [3.8, 4) is 0 Å². The Balaban J connectivity index is 0.000000221. The van der Waals surface area contributed by atoms with Gasteiger partial charge in [-0.15, -0.1) is 0 Å². The van der Waals surface area contributed by atoms with Gasteiger partial charge in [0.05, 0.1) is 28.3 Å². The second-order valence-electron chi connectivity index (χ2n) is 13.3. The maximum absolute atomic E-state index is 12.6. The fraction of sp³-hybridized carbons (Fsp3) is 0.405. The number of nitrogens with one attached hydrogen (secondary N) is 1. The summed E-state index contributed by atoms with van der Waals surface area (Å²) in [7, 11) is 1.70. The van der Waals surface area contributed by atoms with Crippen LogP contribution in [0.3, 0.4) is 0 Å². The van der Waals surface area contributed by atoms with E-state index in [1.807, 2.05) is 4.90 Å². The van der Waals surface area contributed by atoms with Crippen LogP contribution in [0.15, 0.2) is 61.2 Å². The average Bonchev–Trinajstić information content (AvgIpc) is 3.23. The molecule has 2 fully saturated rings. The van der Waals surface area contributed by atoms with Crippen LogP contribution >= 0.6 is 11.6 Å². The summed E-state index contributed by atoms with van der Waals surface area (Å²) in [5.41, 5.74) is 0.799. The molecule has 4 heterocycles. The number of hydrogen-bond donors (Lipinski definition) is 2. The van der Waals surface area contributed by atoms with Crippen molar-refractivity contribution in [3.63, 3.8) is 0 Å². The first kappa shape index (κ1) is 42.8. The van der Waals surface area contributed by atoms with Gasteiger partial charge < -0.3 is 29.9 Å². The van der Waals surface area contributed by atoms with E-state index in [2.05, 4.69) is 25.3 Å². The van der Waals surface area contributed by atoms with Crippen LogP contribution < -0.4 is 20.0 Å². The van der Waals surface area contributed by atoms with Crippen LogP contribution in [0, 0.1) is 32.1 Å². The number of nitrogens with zero attached hydrogens (tertiary/aromatic N) is 9. The molecule has 0 amide bonds. The van der Waals surface area contributed by atoms with Gasteiger partial charge in [-0.2, -0.15) is 0 Å². The van der Waals surface area contributed by atoms with E-state index in [1.165, 1.54) is 36.9 Å². The SMILES string of the molecule is CCOC(=O)C1CCN(c2ncnc(N(C)c3ccc(Cl)cc3)c2[N+](=O)[O-])CC1.O=C(O)C1CCN(c2ncnc(NCc3ccc(C(F)F)cc3)c2[N+](=O)[O-])CC1. The molecule has 2 aromatic heterocycles. The number of piperidine rings is 2. The van der Waals surface area contributed by atoms with Crippen LogP contribution in [-0.2, 0) is 20.9 Å². The largest absolute Gasteiger partial charge is 0.481 e. The number of carboxylic acids is 1. The molecule has 0 aliphatic carbocycles. The molecule has 2 N–H and O–H groups in total. The van der Waals surface area contributed by atoms with Crippen molar-refractivity contribution in [1.29, 1.82) is 0 Å². The summed E-state index contributed by atoms with van der Waals surface area (Å²) in [5, 5.41) is 36.1. The van der Waals surface area contributed by atoms with Crippen LogP contribution in [0.2, 0.25) is 5.02 Å². The Morgan fingerprint density at radius 2 is 1.41 bits per heavy atom. The predicted octanol–water partition coefficient (Wildman–Crippen LogP) is 6.82. The number of aliphatic carboxylic acids is 1. The van der Waals surface area contributed by atoms with Crippen molar-refractivity contribution in [2.45, 2.75) is 45.6 Å². The summed E-state index contributed by atoms with van der Waals surface area (Å²) in [6.07, 6.45) is 1.82. The molecule has 2 saturated heterocycles. The highest BCUT2D eigenvalue weighted by atomic mass is 35.5. The van der Waals surface area contributed by atoms with Crippen molar-refractivity contribution >= 4 is 63.9 Å². The predicted molar refractivity (Wildman–Crippen MR) is 210 cm³/mol. The van der Waals surface area contributed by atoms with E-state index in [4.69, 9.17) is 21.4 Å². The normalized spacial score (nSPS) is 14.7. The first-order chi connectivity index (χ1) is 27.8. The molecule has 308 valence electrons. The lowest BCUT2D eigenvalue weighted by Gasteiger charge is -2.31.